The van der Waals surface area contributed by atoms with Crippen molar-refractivity contribution >= 4 is 11.6 Å². The van der Waals surface area contributed by atoms with E-state index in [0.29, 0.717) is 0 Å². The Bertz CT molecular complexity index is 1180. The predicted molar refractivity (Wildman–Crippen MR) is 112 cm³/mol. The van der Waals surface area contributed by atoms with Crippen LogP contribution in [-0.2, 0) is 17.6 Å². The number of rotatable bonds is 8. The Morgan fingerprint density at radius 1 is 1.03 bits per heavy atom. The molecule has 3 aliphatic carbocycles. The Kier molecular flexibility index (Phi) is 5.33. The number of aliphatic hydroxyl groups is 1. The molecule has 0 saturated heterocycles. The van der Waals surface area contributed by atoms with Gasteiger partial charge in [0.15, 0.2) is 12.2 Å². The average molecular weight is 516 g/mol. The minimum absolute atomic E-state index is 0.0438. The number of ether oxygens (including phenoxy) is 1. The molecule has 1 atom stereocenters. The average Bonchev–Trinajstić information content (AvgIpc) is 3.23. The molecule has 3 aliphatic rings. The lowest BCUT2D eigenvalue weighted by molar-refractivity contribution is -0.348. The van der Waals surface area contributed by atoms with Crippen LogP contribution in [-0.4, -0.2) is 49.0 Å². The van der Waals surface area contributed by atoms with Gasteiger partial charge >= 0.3 is 6.18 Å². The van der Waals surface area contributed by atoms with Gasteiger partial charge in [0.2, 0.25) is 0 Å². The molecule has 2 heterocycles. The monoisotopic (exact) mass is 515 g/mol. The summed E-state index contributed by atoms with van der Waals surface area (Å²) in [5, 5.41) is 22.2. The molecule has 0 spiro atoms. The topological polar surface area (TPSA) is 86.0 Å². The number of hydrogen-bond donors (Lipinski definition) is 1. The van der Waals surface area contributed by atoms with Crippen molar-refractivity contribution < 1.29 is 31.8 Å². The highest BCUT2D eigenvalue weighted by molar-refractivity contribution is 6.30. The first-order chi connectivity index (χ1) is 16.4. The van der Waals surface area contributed by atoms with E-state index in [4.69, 9.17) is 16.3 Å². The molecule has 186 valence electrons. The van der Waals surface area contributed by atoms with Crippen LogP contribution in [0, 0.1) is 5.41 Å². The van der Waals surface area contributed by atoms with Gasteiger partial charge in [0, 0.05) is 11.6 Å². The van der Waals surface area contributed by atoms with Crippen LogP contribution < -0.4 is 4.74 Å². The second-order valence-corrected chi connectivity index (χ2v) is 9.76. The van der Waals surface area contributed by atoms with E-state index in [9.17, 15) is 18.3 Å². The summed E-state index contributed by atoms with van der Waals surface area (Å²) in [4.78, 5) is 3.97. The fraction of sp³-hybridized carbons (Fsp3) is 0.455. The molecular formula is C22H19ClF5N5O2. The van der Waals surface area contributed by atoms with Gasteiger partial charge in [-0.2, -0.15) is 13.2 Å². The largest absolute Gasteiger partial charge is 0.484 e. The van der Waals surface area contributed by atoms with Gasteiger partial charge in [0.05, 0.1) is 17.3 Å². The number of halogens is 6. The summed E-state index contributed by atoms with van der Waals surface area (Å²) in [6.45, 7) is -2.03. The standard InChI is InChI=1S/C22H19ClF5N5O2/c23-15-3-6-17(29-7-15)20(34,11-33-13-30-31-32-33)22(27,28)19-8-18(9-19,10-19)14-1-4-16(5-2-14)35-12-21(24,25)26/h1-7,13,34H,8-12H2. The van der Waals surface area contributed by atoms with Crippen molar-refractivity contribution in [2.75, 3.05) is 6.61 Å². The van der Waals surface area contributed by atoms with Gasteiger partial charge in [-0.3, -0.25) is 4.98 Å². The van der Waals surface area contributed by atoms with Crippen molar-refractivity contribution in [2.24, 2.45) is 5.41 Å². The maximum atomic E-state index is 16.1. The third kappa shape index (κ3) is 3.83. The molecule has 3 saturated carbocycles. The molecule has 1 unspecified atom stereocenters. The SMILES string of the molecule is OC(Cn1cnnn1)(c1ccc(Cl)cn1)C(F)(F)C12CC(c3ccc(OCC(F)(F)F)cc3)(C1)C2. The van der Waals surface area contributed by atoms with E-state index in [1.807, 2.05) is 0 Å². The number of nitrogens with zero attached hydrogens (tertiary/aromatic N) is 5. The zero-order chi connectivity index (χ0) is 25.1. The van der Waals surface area contributed by atoms with Crippen molar-refractivity contribution in [3.63, 3.8) is 0 Å². The maximum Gasteiger partial charge on any atom is 0.422 e. The molecule has 2 aromatic heterocycles. The summed E-state index contributed by atoms with van der Waals surface area (Å²) < 4.78 is 75.1. The van der Waals surface area contributed by atoms with Gasteiger partial charge in [-0.25, -0.2) is 13.5 Å². The number of aromatic nitrogens is 5. The molecule has 0 radical (unpaired) electrons. The minimum Gasteiger partial charge on any atom is -0.484 e. The van der Waals surface area contributed by atoms with Crippen LogP contribution in [0.25, 0.3) is 0 Å². The Morgan fingerprint density at radius 2 is 1.71 bits per heavy atom. The van der Waals surface area contributed by atoms with Crippen LogP contribution in [0.2, 0.25) is 5.02 Å². The Hall–Kier alpha value is -2.86. The van der Waals surface area contributed by atoms with Crippen LogP contribution in [0.3, 0.4) is 0 Å². The van der Waals surface area contributed by atoms with Gasteiger partial charge in [-0.1, -0.05) is 23.7 Å². The van der Waals surface area contributed by atoms with E-state index in [-0.39, 0.29) is 35.7 Å². The summed E-state index contributed by atoms with van der Waals surface area (Å²) in [5.41, 5.74) is -4.25. The number of pyridine rings is 1. The van der Waals surface area contributed by atoms with Crippen molar-refractivity contribution in [2.45, 2.75) is 48.9 Å². The third-order valence-corrected chi connectivity index (χ3v) is 7.24. The van der Waals surface area contributed by atoms with Crippen LogP contribution in [0.4, 0.5) is 22.0 Å². The highest BCUT2D eigenvalue weighted by Crippen LogP contribution is 2.80. The Labute approximate surface area is 200 Å². The molecular weight excluding hydrogens is 497 g/mol. The Morgan fingerprint density at radius 3 is 2.26 bits per heavy atom. The number of tetrazole rings is 1. The first kappa shape index (κ1) is 23.9. The molecule has 1 aromatic carbocycles. The summed E-state index contributed by atoms with van der Waals surface area (Å²) >= 11 is 5.86. The van der Waals surface area contributed by atoms with E-state index < -0.39 is 41.7 Å². The predicted octanol–water partition coefficient (Wildman–Crippen LogP) is 4.31. The van der Waals surface area contributed by atoms with Crippen LogP contribution in [0.15, 0.2) is 48.9 Å². The van der Waals surface area contributed by atoms with E-state index in [1.54, 1.807) is 12.1 Å². The lowest BCUT2D eigenvalue weighted by Crippen LogP contribution is -2.76. The Balaban J connectivity index is 1.37. The van der Waals surface area contributed by atoms with Gasteiger partial charge in [-0.15, -0.1) is 5.10 Å². The van der Waals surface area contributed by atoms with E-state index in [1.165, 1.54) is 30.5 Å². The first-order valence-electron chi connectivity index (χ1n) is 10.6. The highest BCUT2D eigenvalue weighted by atomic mass is 35.5. The zero-order valence-corrected chi connectivity index (χ0v) is 18.8. The molecule has 3 aromatic rings. The fourth-order valence-electron chi connectivity index (χ4n) is 5.38. The molecule has 13 heteroatoms. The maximum absolute atomic E-state index is 16.1. The molecule has 6 rings (SSSR count). The van der Waals surface area contributed by atoms with Gasteiger partial charge < -0.3 is 9.84 Å². The summed E-state index contributed by atoms with van der Waals surface area (Å²) in [7, 11) is 0. The van der Waals surface area contributed by atoms with Crippen molar-refractivity contribution in [1.82, 2.24) is 25.2 Å². The third-order valence-electron chi connectivity index (χ3n) is 7.02. The lowest BCUT2D eigenvalue weighted by atomic mass is 9.30. The van der Waals surface area contributed by atoms with Gasteiger partial charge in [0.1, 0.15) is 12.1 Å². The molecule has 35 heavy (non-hydrogen) atoms. The fourth-order valence-corrected chi connectivity index (χ4v) is 5.50. The van der Waals surface area contributed by atoms with E-state index >= 15 is 8.78 Å². The molecule has 1 N–H and O–H groups in total. The second kappa shape index (κ2) is 7.82. The minimum atomic E-state index is -4.46. The smallest absolute Gasteiger partial charge is 0.422 e. The van der Waals surface area contributed by atoms with Crippen LogP contribution in [0.5, 0.6) is 5.75 Å². The lowest BCUT2D eigenvalue weighted by Gasteiger charge is -2.74. The number of hydrogen-bond acceptors (Lipinski definition) is 6. The van der Waals surface area contributed by atoms with Gasteiger partial charge in [-0.05, 0) is 64.9 Å². The highest BCUT2D eigenvalue weighted by Gasteiger charge is 2.82. The second-order valence-electron chi connectivity index (χ2n) is 9.32. The molecule has 7 nitrogen and oxygen atoms in total. The number of alkyl halides is 5. The van der Waals surface area contributed by atoms with Crippen molar-refractivity contribution in [1.29, 1.82) is 0 Å². The van der Waals surface area contributed by atoms with Crippen LogP contribution >= 0.6 is 11.6 Å². The van der Waals surface area contributed by atoms with Crippen LogP contribution in [0.1, 0.15) is 30.5 Å². The molecule has 3 fully saturated rings. The summed E-state index contributed by atoms with van der Waals surface area (Å²) in [6.07, 6.45) is -1.85. The molecule has 0 amide bonds. The quantitative estimate of drug-likeness (QED) is 0.450. The van der Waals surface area contributed by atoms with Gasteiger partial charge in [0.25, 0.3) is 5.92 Å². The van der Waals surface area contributed by atoms with Crippen molar-refractivity contribution in [3.05, 3.63) is 65.2 Å². The molecule has 0 aliphatic heterocycles. The summed E-state index contributed by atoms with van der Waals surface area (Å²) in [5.74, 6) is -3.56. The number of benzene rings is 1. The molecule has 2 bridgehead atoms. The normalized spacial score (nSPS) is 25.3. The van der Waals surface area contributed by atoms with E-state index in [2.05, 4.69) is 20.5 Å². The summed E-state index contributed by atoms with van der Waals surface area (Å²) in [6, 6.07) is 8.62. The first-order valence-corrected chi connectivity index (χ1v) is 11.0. The van der Waals surface area contributed by atoms with Crippen molar-refractivity contribution in [3.8, 4) is 5.75 Å². The zero-order valence-electron chi connectivity index (χ0n) is 18.0. The van der Waals surface area contributed by atoms with E-state index in [0.717, 1.165) is 16.6 Å².